The van der Waals surface area contributed by atoms with Crippen molar-refractivity contribution in [2.45, 2.75) is 4.90 Å². The number of rotatable bonds is 8. The predicted octanol–water partition coefficient (Wildman–Crippen LogP) is 3.92. The van der Waals surface area contributed by atoms with Crippen molar-refractivity contribution in [2.24, 2.45) is 0 Å². The number of methoxy groups -OCH3 is 1. The maximum absolute atomic E-state index is 12.5. The van der Waals surface area contributed by atoms with Gasteiger partial charge in [0.15, 0.2) is 0 Å². The highest BCUT2D eigenvalue weighted by molar-refractivity contribution is 7.87. The number of anilines is 1. The van der Waals surface area contributed by atoms with Gasteiger partial charge in [-0.2, -0.15) is 13.7 Å². The highest BCUT2D eigenvalue weighted by Crippen LogP contribution is 2.23. The van der Waals surface area contributed by atoms with Crippen LogP contribution in [0.4, 0.5) is 11.4 Å². The summed E-state index contributed by atoms with van der Waals surface area (Å²) in [6.07, 6.45) is 1.24. The summed E-state index contributed by atoms with van der Waals surface area (Å²) in [5.74, 6) is -0.334. The van der Waals surface area contributed by atoms with Gasteiger partial charge in [0.25, 0.3) is 11.6 Å². The molecule has 172 valence electrons. The maximum atomic E-state index is 12.5. The number of benzene rings is 3. The van der Waals surface area contributed by atoms with E-state index < -0.39 is 20.9 Å². The Balaban J connectivity index is 1.79. The number of nitriles is 1. The zero-order valence-corrected chi connectivity index (χ0v) is 18.5. The third-order valence-corrected chi connectivity index (χ3v) is 5.66. The summed E-state index contributed by atoms with van der Waals surface area (Å²) in [7, 11) is -2.68. The standard InChI is InChI=1S/C23H17N3O7S/c1-32-20-8-10-22(11-9-20)34(30,31)33-21-7-2-4-16(13-21)12-17(15-24)23(27)25-18-5-3-6-19(14-18)26(28)29/h2-14H,1H3,(H,25,27)/b17-12+. The number of hydrogen-bond donors (Lipinski definition) is 1. The monoisotopic (exact) mass is 479 g/mol. The summed E-state index contributed by atoms with van der Waals surface area (Å²) in [6.45, 7) is 0. The van der Waals surface area contributed by atoms with Crippen LogP contribution in [0.25, 0.3) is 6.08 Å². The predicted molar refractivity (Wildman–Crippen MR) is 123 cm³/mol. The zero-order valence-electron chi connectivity index (χ0n) is 17.7. The van der Waals surface area contributed by atoms with Crippen LogP contribution in [-0.4, -0.2) is 26.4 Å². The number of ether oxygens (including phenoxy) is 1. The fourth-order valence-electron chi connectivity index (χ4n) is 2.78. The maximum Gasteiger partial charge on any atom is 0.339 e. The van der Waals surface area contributed by atoms with E-state index in [2.05, 4.69) is 5.32 Å². The first-order chi connectivity index (χ1) is 16.2. The van der Waals surface area contributed by atoms with Gasteiger partial charge >= 0.3 is 10.1 Å². The van der Waals surface area contributed by atoms with E-state index in [1.165, 1.54) is 73.8 Å². The van der Waals surface area contributed by atoms with E-state index in [4.69, 9.17) is 8.92 Å². The molecule has 0 atom stereocenters. The third-order valence-electron chi connectivity index (χ3n) is 4.40. The second-order valence-electron chi connectivity index (χ2n) is 6.72. The first kappa shape index (κ1) is 24.0. The highest BCUT2D eigenvalue weighted by atomic mass is 32.2. The fourth-order valence-corrected chi connectivity index (χ4v) is 3.71. The number of nitrogens with zero attached hydrogens (tertiary/aromatic N) is 2. The summed E-state index contributed by atoms with van der Waals surface area (Å²) in [5.41, 5.74) is -0.0546. The Hall–Kier alpha value is -4.69. The van der Waals surface area contributed by atoms with Crippen LogP contribution >= 0.6 is 0 Å². The van der Waals surface area contributed by atoms with Crippen molar-refractivity contribution in [2.75, 3.05) is 12.4 Å². The fraction of sp³-hybridized carbons (Fsp3) is 0.0435. The van der Waals surface area contributed by atoms with Crippen LogP contribution in [0, 0.1) is 21.4 Å². The van der Waals surface area contributed by atoms with E-state index in [9.17, 15) is 28.6 Å². The van der Waals surface area contributed by atoms with E-state index in [-0.39, 0.29) is 27.6 Å². The lowest BCUT2D eigenvalue weighted by Gasteiger charge is -2.08. The van der Waals surface area contributed by atoms with Gasteiger partial charge in [0.2, 0.25) is 0 Å². The van der Waals surface area contributed by atoms with Crippen molar-refractivity contribution in [3.05, 3.63) is 94.0 Å². The molecule has 10 nitrogen and oxygen atoms in total. The van der Waals surface area contributed by atoms with Gasteiger partial charge in [-0.05, 0) is 54.1 Å². The molecule has 1 amide bonds. The summed E-state index contributed by atoms with van der Waals surface area (Å²) < 4.78 is 35.2. The van der Waals surface area contributed by atoms with E-state index in [1.54, 1.807) is 12.1 Å². The molecule has 0 spiro atoms. The van der Waals surface area contributed by atoms with Crippen molar-refractivity contribution >= 4 is 33.5 Å². The number of nitrogens with one attached hydrogen (secondary N) is 1. The SMILES string of the molecule is COc1ccc(S(=O)(=O)Oc2cccc(/C=C(\C#N)C(=O)Nc3cccc([N+](=O)[O-])c3)c2)cc1. The Morgan fingerprint density at radius 3 is 2.41 bits per heavy atom. The van der Waals surface area contributed by atoms with Gasteiger partial charge in [-0.25, -0.2) is 0 Å². The van der Waals surface area contributed by atoms with Gasteiger partial charge < -0.3 is 14.2 Å². The Bertz CT molecular complexity index is 1410. The molecule has 34 heavy (non-hydrogen) atoms. The second-order valence-corrected chi connectivity index (χ2v) is 8.26. The lowest BCUT2D eigenvalue weighted by molar-refractivity contribution is -0.384. The first-order valence-electron chi connectivity index (χ1n) is 9.58. The van der Waals surface area contributed by atoms with Crippen LogP contribution in [0.1, 0.15) is 5.56 Å². The Labute approximate surface area is 194 Å². The first-order valence-corrected chi connectivity index (χ1v) is 11.0. The Morgan fingerprint density at radius 1 is 1.06 bits per heavy atom. The molecule has 0 bridgehead atoms. The molecule has 3 aromatic carbocycles. The molecular formula is C23H17N3O7S. The van der Waals surface area contributed by atoms with Crippen LogP contribution in [0.3, 0.4) is 0 Å². The lowest BCUT2D eigenvalue weighted by Crippen LogP contribution is -2.13. The molecule has 0 aliphatic rings. The minimum absolute atomic E-state index is 0.0269. The second kappa shape index (κ2) is 10.3. The molecule has 3 aromatic rings. The molecule has 0 aromatic heterocycles. The highest BCUT2D eigenvalue weighted by Gasteiger charge is 2.17. The van der Waals surface area contributed by atoms with Crippen LogP contribution in [-0.2, 0) is 14.9 Å². The average molecular weight is 479 g/mol. The summed E-state index contributed by atoms with van der Waals surface area (Å²) >= 11 is 0. The molecule has 0 saturated heterocycles. The number of nitro benzene ring substituents is 1. The van der Waals surface area contributed by atoms with Gasteiger partial charge in [-0.3, -0.25) is 14.9 Å². The van der Waals surface area contributed by atoms with Crippen molar-refractivity contribution in [1.82, 2.24) is 0 Å². The van der Waals surface area contributed by atoms with E-state index >= 15 is 0 Å². The van der Waals surface area contributed by atoms with Gasteiger partial charge in [0.1, 0.15) is 28.0 Å². The van der Waals surface area contributed by atoms with Crippen molar-refractivity contribution < 1.29 is 27.1 Å². The van der Waals surface area contributed by atoms with Crippen LogP contribution in [0.5, 0.6) is 11.5 Å². The quantitative estimate of drug-likeness (QED) is 0.168. The molecule has 11 heteroatoms. The van der Waals surface area contributed by atoms with E-state index in [0.717, 1.165) is 6.07 Å². The normalized spacial score (nSPS) is 11.2. The number of hydrogen-bond acceptors (Lipinski definition) is 8. The van der Waals surface area contributed by atoms with Crippen LogP contribution < -0.4 is 14.2 Å². The largest absolute Gasteiger partial charge is 0.497 e. The molecule has 1 N–H and O–H groups in total. The minimum Gasteiger partial charge on any atom is -0.497 e. The smallest absolute Gasteiger partial charge is 0.339 e. The number of nitro groups is 1. The summed E-state index contributed by atoms with van der Waals surface area (Å²) in [6, 6.07) is 18.5. The molecular weight excluding hydrogens is 462 g/mol. The van der Waals surface area contributed by atoms with Crippen LogP contribution in [0.15, 0.2) is 83.3 Å². The number of non-ortho nitro benzene ring substituents is 1. The minimum atomic E-state index is -4.13. The van der Waals surface area contributed by atoms with Gasteiger partial charge in [-0.15, -0.1) is 0 Å². The molecule has 0 unspecified atom stereocenters. The van der Waals surface area contributed by atoms with Crippen molar-refractivity contribution in [3.8, 4) is 17.6 Å². The molecule has 0 heterocycles. The molecule has 0 saturated carbocycles. The van der Waals surface area contributed by atoms with Gasteiger partial charge in [0.05, 0.1) is 12.0 Å². The van der Waals surface area contributed by atoms with Crippen molar-refractivity contribution in [3.63, 3.8) is 0 Å². The van der Waals surface area contributed by atoms with Gasteiger partial charge in [-0.1, -0.05) is 18.2 Å². The molecule has 0 fully saturated rings. The summed E-state index contributed by atoms with van der Waals surface area (Å²) in [4.78, 5) is 22.7. The van der Waals surface area contributed by atoms with Gasteiger partial charge in [0, 0.05) is 17.8 Å². The molecule has 3 rings (SSSR count). The molecule has 0 aliphatic carbocycles. The zero-order chi connectivity index (χ0) is 24.7. The molecule has 0 radical (unpaired) electrons. The number of amides is 1. The average Bonchev–Trinajstić information content (AvgIpc) is 2.82. The number of carbonyl (C=O) groups excluding carboxylic acids is 1. The number of carbonyl (C=O) groups is 1. The lowest BCUT2D eigenvalue weighted by atomic mass is 10.1. The topological polar surface area (TPSA) is 149 Å². The van der Waals surface area contributed by atoms with E-state index in [0.29, 0.717) is 11.3 Å². The Morgan fingerprint density at radius 2 is 1.76 bits per heavy atom. The third kappa shape index (κ3) is 5.96. The Kier molecular flexibility index (Phi) is 7.25. The molecule has 0 aliphatic heterocycles. The van der Waals surface area contributed by atoms with Crippen LogP contribution in [0.2, 0.25) is 0 Å². The summed E-state index contributed by atoms with van der Waals surface area (Å²) in [5, 5.41) is 22.7. The van der Waals surface area contributed by atoms with Crippen molar-refractivity contribution in [1.29, 1.82) is 5.26 Å². The van der Waals surface area contributed by atoms with E-state index in [1.807, 2.05) is 0 Å².